The summed E-state index contributed by atoms with van der Waals surface area (Å²) in [5, 5.41) is 5.75. The summed E-state index contributed by atoms with van der Waals surface area (Å²) < 4.78 is 16.6. The van der Waals surface area contributed by atoms with Crippen molar-refractivity contribution in [3.63, 3.8) is 0 Å². The molecule has 0 unspecified atom stereocenters. The summed E-state index contributed by atoms with van der Waals surface area (Å²) >= 11 is 1.55. The maximum Gasteiger partial charge on any atom is 0.317 e. The summed E-state index contributed by atoms with van der Waals surface area (Å²) in [6.07, 6.45) is 6.15. The molecule has 32 heavy (non-hydrogen) atoms. The molecule has 0 spiro atoms. The van der Waals surface area contributed by atoms with Gasteiger partial charge in [-0.15, -0.1) is 0 Å². The number of aromatic nitrogens is 1. The van der Waals surface area contributed by atoms with Crippen LogP contribution in [-0.2, 0) is 6.54 Å². The monoisotopic (exact) mass is 460 g/mol. The van der Waals surface area contributed by atoms with E-state index in [0.29, 0.717) is 24.1 Å². The van der Waals surface area contributed by atoms with Crippen LogP contribution in [0.2, 0.25) is 0 Å². The number of benzene rings is 1. The van der Waals surface area contributed by atoms with Gasteiger partial charge in [0.15, 0.2) is 11.5 Å². The first kappa shape index (κ1) is 22.7. The lowest BCUT2D eigenvalue weighted by Gasteiger charge is -2.41. The normalized spacial score (nSPS) is 18.4. The van der Waals surface area contributed by atoms with Crippen molar-refractivity contribution in [1.29, 1.82) is 0 Å². The largest absolute Gasteiger partial charge is 0.493 e. The first-order valence-electron chi connectivity index (χ1n) is 11.2. The Balaban J connectivity index is 1.18. The van der Waals surface area contributed by atoms with Crippen molar-refractivity contribution >= 4 is 17.4 Å². The molecule has 3 heterocycles. The van der Waals surface area contributed by atoms with Gasteiger partial charge in [-0.25, -0.2) is 9.78 Å². The van der Waals surface area contributed by atoms with Crippen molar-refractivity contribution < 1.29 is 19.0 Å². The van der Waals surface area contributed by atoms with Gasteiger partial charge in [0.05, 0.1) is 14.2 Å². The zero-order valence-corrected chi connectivity index (χ0v) is 19.6. The topological polar surface area (TPSA) is 76.2 Å². The molecular weight excluding hydrogens is 428 g/mol. The lowest BCUT2D eigenvalue weighted by molar-refractivity contribution is 0.0534. The maximum absolute atomic E-state index is 12.7. The van der Waals surface area contributed by atoms with Gasteiger partial charge < -0.3 is 24.4 Å². The van der Waals surface area contributed by atoms with E-state index in [1.54, 1.807) is 31.8 Å². The van der Waals surface area contributed by atoms with Crippen LogP contribution >= 0.6 is 11.3 Å². The summed E-state index contributed by atoms with van der Waals surface area (Å²) in [7, 11) is 3.22. The predicted octanol–water partition coefficient (Wildman–Crippen LogP) is 3.38. The number of nitrogens with zero attached hydrogens (tertiary/aromatic N) is 3. The molecule has 1 aromatic carbocycles. The Bertz CT molecular complexity index is 863. The maximum atomic E-state index is 12.7. The Labute approximate surface area is 193 Å². The number of rotatable bonds is 7. The lowest BCUT2D eigenvalue weighted by atomic mass is 9.99. The third kappa shape index (κ3) is 5.63. The number of urea groups is 1. The Morgan fingerprint density at radius 1 is 1.09 bits per heavy atom. The van der Waals surface area contributed by atoms with Crippen LogP contribution in [0.5, 0.6) is 16.7 Å². The van der Waals surface area contributed by atoms with Gasteiger partial charge in [-0.3, -0.25) is 4.90 Å². The summed E-state index contributed by atoms with van der Waals surface area (Å²) in [5.74, 6) is 1.35. The summed E-state index contributed by atoms with van der Waals surface area (Å²) in [6, 6.07) is 6.24. The van der Waals surface area contributed by atoms with Crippen molar-refractivity contribution in [3.8, 4) is 16.7 Å². The van der Waals surface area contributed by atoms with E-state index in [0.717, 1.165) is 62.6 Å². The van der Waals surface area contributed by atoms with Crippen LogP contribution in [0, 0.1) is 0 Å². The van der Waals surface area contributed by atoms with Gasteiger partial charge in [0.1, 0.15) is 6.10 Å². The minimum atomic E-state index is -0.00575. The molecule has 0 saturated carbocycles. The number of hydrogen-bond acceptors (Lipinski definition) is 7. The van der Waals surface area contributed by atoms with Gasteiger partial charge in [-0.05, 0) is 43.4 Å². The van der Waals surface area contributed by atoms with Crippen molar-refractivity contribution in [1.82, 2.24) is 20.1 Å². The quantitative estimate of drug-likeness (QED) is 0.683. The van der Waals surface area contributed by atoms with E-state index >= 15 is 0 Å². The molecular formula is C23H32N4O4S. The molecule has 1 aromatic heterocycles. The molecule has 174 valence electrons. The minimum absolute atomic E-state index is 0.00575. The highest BCUT2D eigenvalue weighted by molar-refractivity contribution is 7.11. The first-order valence-corrected chi connectivity index (χ1v) is 12.1. The van der Waals surface area contributed by atoms with Crippen LogP contribution in [0.1, 0.15) is 31.2 Å². The molecule has 0 bridgehead atoms. The second kappa shape index (κ2) is 10.9. The van der Waals surface area contributed by atoms with Gasteiger partial charge in [-0.1, -0.05) is 17.4 Å². The van der Waals surface area contributed by atoms with Crippen LogP contribution < -0.4 is 19.5 Å². The predicted molar refractivity (Wildman–Crippen MR) is 124 cm³/mol. The molecule has 8 nitrogen and oxygen atoms in total. The number of thiazole rings is 1. The van der Waals surface area contributed by atoms with Crippen LogP contribution in [-0.4, -0.2) is 73.4 Å². The fourth-order valence-corrected chi connectivity index (χ4v) is 5.04. The zero-order valence-electron chi connectivity index (χ0n) is 18.8. The number of nitrogens with one attached hydrogen (secondary N) is 1. The van der Waals surface area contributed by atoms with Crippen LogP contribution in [0.25, 0.3) is 0 Å². The average molecular weight is 461 g/mol. The van der Waals surface area contributed by atoms with Crippen LogP contribution in [0.3, 0.4) is 0 Å². The van der Waals surface area contributed by atoms with Gasteiger partial charge in [0.25, 0.3) is 5.19 Å². The van der Waals surface area contributed by atoms with E-state index in [1.807, 2.05) is 28.5 Å². The highest BCUT2D eigenvalue weighted by Crippen LogP contribution is 2.28. The molecule has 1 N–H and O–H groups in total. The molecule has 2 fully saturated rings. The van der Waals surface area contributed by atoms with Gasteiger partial charge in [0.2, 0.25) is 0 Å². The Hall–Kier alpha value is -2.52. The van der Waals surface area contributed by atoms with Gasteiger partial charge in [-0.2, -0.15) is 0 Å². The molecule has 2 aromatic rings. The molecule has 2 aliphatic rings. The van der Waals surface area contributed by atoms with Gasteiger partial charge in [0, 0.05) is 50.3 Å². The minimum Gasteiger partial charge on any atom is -0.493 e. The third-order valence-electron chi connectivity index (χ3n) is 6.31. The van der Waals surface area contributed by atoms with Crippen LogP contribution in [0.15, 0.2) is 29.8 Å². The number of carbonyl (C=O) groups is 1. The highest BCUT2D eigenvalue weighted by atomic mass is 32.1. The van der Waals surface area contributed by atoms with Crippen molar-refractivity contribution in [3.05, 3.63) is 35.3 Å². The smallest absolute Gasteiger partial charge is 0.317 e. The van der Waals surface area contributed by atoms with Crippen molar-refractivity contribution in [2.45, 2.75) is 44.4 Å². The number of piperidine rings is 2. The van der Waals surface area contributed by atoms with E-state index in [4.69, 9.17) is 14.2 Å². The molecule has 2 aliphatic heterocycles. The SMILES string of the molecule is COc1ccc(CNC(=O)N2CCC(N3CCC(Oc4nccs4)CC3)CC2)cc1OC. The van der Waals surface area contributed by atoms with E-state index in [1.165, 1.54) is 0 Å². The number of methoxy groups -OCH3 is 2. The summed E-state index contributed by atoms with van der Waals surface area (Å²) in [6.45, 7) is 4.14. The van der Waals surface area contributed by atoms with E-state index < -0.39 is 0 Å². The van der Waals surface area contributed by atoms with E-state index in [2.05, 4.69) is 15.2 Å². The average Bonchev–Trinajstić information content (AvgIpc) is 3.36. The third-order valence-corrected chi connectivity index (χ3v) is 6.97. The second-order valence-electron chi connectivity index (χ2n) is 8.22. The Morgan fingerprint density at radius 3 is 2.50 bits per heavy atom. The second-order valence-corrected chi connectivity index (χ2v) is 9.07. The molecule has 0 atom stereocenters. The lowest BCUT2D eigenvalue weighted by Crippen LogP contribution is -2.51. The Morgan fingerprint density at radius 2 is 1.84 bits per heavy atom. The molecule has 0 aliphatic carbocycles. The van der Waals surface area contributed by atoms with E-state index in [9.17, 15) is 4.79 Å². The molecule has 2 amide bonds. The number of amides is 2. The number of hydrogen-bond donors (Lipinski definition) is 1. The highest BCUT2D eigenvalue weighted by Gasteiger charge is 2.30. The molecule has 4 rings (SSSR count). The van der Waals surface area contributed by atoms with Crippen molar-refractivity contribution in [2.75, 3.05) is 40.4 Å². The standard InChI is InChI=1S/C23H32N4O4S/c1-29-20-4-3-17(15-21(20)30-2)16-25-22(28)27-10-5-18(6-11-27)26-12-7-19(8-13-26)31-23-24-9-14-32-23/h3-4,9,14-15,18-19H,5-8,10-13,16H2,1-2H3,(H,25,28). The van der Waals surface area contributed by atoms with Crippen molar-refractivity contribution in [2.24, 2.45) is 0 Å². The fraction of sp³-hybridized carbons (Fsp3) is 0.565. The number of likely N-dealkylation sites (tertiary alicyclic amines) is 2. The zero-order chi connectivity index (χ0) is 22.3. The molecule has 9 heteroatoms. The number of ether oxygens (including phenoxy) is 3. The number of carbonyl (C=O) groups excluding carboxylic acids is 1. The molecule has 2 saturated heterocycles. The van der Waals surface area contributed by atoms with E-state index in [-0.39, 0.29) is 12.1 Å². The first-order chi connectivity index (χ1) is 15.7. The van der Waals surface area contributed by atoms with Gasteiger partial charge >= 0.3 is 6.03 Å². The summed E-state index contributed by atoms with van der Waals surface area (Å²) in [4.78, 5) is 21.4. The molecule has 0 radical (unpaired) electrons. The summed E-state index contributed by atoms with van der Waals surface area (Å²) in [5.41, 5.74) is 0.980. The van der Waals surface area contributed by atoms with Crippen LogP contribution in [0.4, 0.5) is 4.79 Å². The Kier molecular flexibility index (Phi) is 7.70. The fourth-order valence-electron chi connectivity index (χ4n) is 4.48.